The topological polar surface area (TPSA) is 38.1 Å². The van der Waals surface area contributed by atoms with E-state index in [9.17, 15) is 0 Å². The summed E-state index contributed by atoms with van der Waals surface area (Å²) in [6.07, 6.45) is 0.983. The number of nitrogens with one attached hydrogen (secondary N) is 1. The number of rotatable bonds is 3. The third kappa shape index (κ3) is 2.00. The van der Waals surface area contributed by atoms with Crippen LogP contribution >= 0.6 is 0 Å². The summed E-state index contributed by atoms with van der Waals surface area (Å²) in [6.45, 7) is 6.30. The summed E-state index contributed by atoms with van der Waals surface area (Å²) in [4.78, 5) is 4.29. The van der Waals surface area contributed by atoms with Crippen LogP contribution in [0.25, 0.3) is 0 Å². The van der Waals surface area contributed by atoms with Crippen LogP contribution in [0.3, 0.4) is 0 Å². The van der Waals surface area contributed by atoms with Crippen LogP contribution in [0.2, 0.25) is 0 Å². The standard InChI is InChI=1S/C9H16N2O/c1-6(2)5-8-7(3)12-9(10-4)11-8/h6H,5H2,1-4H3,(H,10,11). The summed E-state index contributed by atoms with van der Waals surface area (Å²) in [7, 11) is 1.81. The van der Waals surface area contributed by atoms with Crippen LogP contribution in [0.5, 0.6) is 0 Å². The SMILES string of the molecule is CNc1nc(CC(C)C)c(C)o1. The zero-order chi connectivity index (χ0) is 9.14. The van der Waals surface area contributed by atoms with Gasteiger partial charge in [0.1, 0.15) is 5.76 Å². The van der Waals surface area contributed by atoms with E-state index < -0.39 is 0 Å². The zero-order valence-electron chi connectivity index (χ0n) is 8.14. The Morgan fingerprint density at radius 3 is 2.58 bits per heavy atom. The molecule has 0 aliphatic carbocycles. The summed E-state index contributed by atoms with van der Waals surface area (Å²) in [5.41, 5.74) is 1.06. The van der Waals surface area contributed by atoms with Crippen LogP contribution in [0, 0.1) is 12.8 Å². The van der Waals surface area contributed by atoms with Gasteiger partial charge >= 0.3 is 0 Å². The van der Waals surface area contributed by atoms with E-state index in [1.807, 2.05) is 14.0 Å². The second kappa shape index (κ2) is 3.61. The van der Waals surface area contributed by atoms with Crippen molar-refractivity contribution >= 4 is 6.01 Å². The fraction of sp³-hybridized carbons (Fsp3) is 0.667. The molecular formula is C9H16N2O. The maximum Gasteiger partial charge on any atom is 0.294 e. The van der Waals surface area contributed by atoms with Gasteiger partial charge in [-0.1, -0.05) is 13.8 Å². The largest absolute Gasteiger partial charge is 0.429 e. The molecule has 0 aliphatic heterocycles. The summed E-state index contributed by atoms with van der Waals surface area (Å²) >= 11 is 0. The maximum absolute atomic E-state index is 5.34. The Morgan fingerprint density at radius 2 is 2.17 bits per heavy atom. The molecule has 68 valence electrons. The Hall–Kier alpha value is -0.990. The second-order valence-electron chi connectivity index (χ2n) is 3.37. The minimum absolute atomic E-state index is 0.614. The van der Waals surface area contributed by atoms with E-state index in [1.165, 1.54) is 0 Å². The van der Waals surface area contributed by atoms with Crippen molar-refractivity contribution in [3.05, 3.63) is 11.5 Å². The van der Waals surface area contributed by atoms with Gasteiger partial charge in [-0.25, -0.2) is 0 Å². The quantitative estimate of drug-likeness (QED) is 0.752. The molecule has 3 heteroatoms. The third-order valence-corrected chi connectivity index (χ3v) is 1.71. The van der Waals surface area contributed by atoms with E-state index in [0.29, 0.717) is 11.9 Å². The fourth-order valence-electron chi connectivity index (χ4n) is 1.11. The molecule has 0 amide bonds. The van der Waals surface area contributed by atoms with Crippen molar-refractivity contribution in [2.24, 2.45) is 5.92 Å². The Bertz CT molecular complexity index is 253. The van der Waals surface area contributed by atoms with Crippen LogP contribution in [-0.4, -0.2) is 12.0 Å². The molecule has 3 nitrogen and oxygen atoms in total. The van der Waals surface area contributed by atoms with E-state index in [4.69, 9.17) is 4.42 Å². The van der Waals surface area contributed by atoms with Crippen molar-refractivity contribution in [1.82, 2.24) is 4.98 Å². The van der Waals surface area contributed by atoms with E-state index in [0.717, 1.165) is 17.9 Å². The maximum atomic E-state index is 5.34. The monoisotopic (exact) mass is 168 g/mol. The van der Waals surface area contributed by atoms with Crippen molar-refractivity contribution in [3.63, 3.8) is 0 Å². The molecule has 0 saturated heterocycles. The van der Waals surface area contributed by atoms with Gasteiger partial charge in [0.05, 0.1) is 5.69 Å². The third-order valence-electron chi connectivity index (χ3n) is 1.71. The molecular weight excluding hydrogens is 152 g/mol. The van der Waals surface area contributed by atoms with Gasteiger partial charge in [0.15, 0.2) is 0 Å². The number of anilines is 1. The van der Waals surface area contributed by atoms with Gasteiger partial charge in [-0.05, 0) is 19.3 Å². The van der Waals surface area contributed by atoms with Crippen LogP contribution < -0.4 is 5.32 Å². The number of hydrogen-bond donors (Lipinski definition) is 1. The predicted octanol–water partition coefficient (Wildman–Crippen LogP) is 2.22. The number of oxazole rings is 1. The van der Waals surface area contributed by atoms with Gasteiger partial charge in [0.25, 0.3) is 6.01 Å². The van der Waals surface area contributed by atoms with Crippen molar-refractivity contribution < 1.29 is 4.42 Å². The highest BCUT2D eigenvalue weighted by Crippen LogP contribution is 2.16. The number of aromatic nitrogens is 1. The normalized spacial score (nSPS) is 10.8. The number of aryl methyl sites for hydroxylation is 1. The molecule has 1 N–H and O–H groups in total. The Kier molecular flexibility index (Phi) is 2.74. The molecule has 0 unspecified atom stereocenters. The molecule has 0 spiro atoms. The first-order chi connectivity index (χ1) is 5.63. The summed E-state index contributed by atoms with van der Waals surface area (Å²) in [5.74, 6) is 1.55. The van der Waals surface area contributed by atoms with Gasteiger partial charge < -0.3 is 9.73 Å². The Labute approximate surface area is 73.2 Å². The molecule has 0 atom stereocenters. The summed E-state index contributed by atoms with van der Waals surface area (Å²) < 4.78 is 5.34. The molecule has 0 aromatic carbocycles. The molecule has 0 bridgehead atoms. The highest BCUT2D eigenvalue weighted by atomic mass is 16.4. The first-order valence-electron chi connectivity index (χ1n) is 4.27. The molecule has 1 aromatic rings. The summed E-state index contributed by atoms with van der Waals surface area (Å²) in [6, 6.07) is 0.614. The first-order valence-corrected chi connectivity index (χ1v) is 4.27. The predicted molar refractivity (Wildman–Crippen MR) is 49.3 cm³/mol. The van der Waals surface area contributed by atoms with Crippen molar-refractivity contribution in [2.45, 2.75) is 27.2 Å². The molecule has 0 fully saturated rings. The van der Waals surface area contributed by atoms with E-state index in [-0.39, 0.29) is 0 Å². The lowest BCUT2D eigenvalue weighted by Crippen LogP contribution is -1.96. The smallest absolute Gasteiger partial charge is 0.294 e. The Balaban J connectivity index is 2.77. The van der Waals surface area contributed by atoms with Crippen LogP contribution in [0.4, 0.5) is 6.01 Å². The van der Waals surface area contributed by atoms with Gasteiger partial charge in [-0.15, -0.1) is 0 Å². The molecule has 1 aromatic heterocycles. The lowest BCUT2D eigenvalue weighted by molar-refractivity contribution is 0.535. The minimum atomic E-state index is 0.614. The van der Waals surface area contributed by atoms with Gasteiger partial charge in [-0.2, -0.15) is 4.98 Å². The van der Waals surface area contributed by atoms with Crippen molar-refractivity contribution in [2.75, 3.05) is 12.4 Å². The van der Waals surface area contributed by atoms with Crippen LogP contribution in [0.1, 0.15) is 25.3 Å². The Morgan fingerprint density at radius 1 is 1.50 bits per heavy atom. The lowest BCUT2D eigenvalue weighted by atomic mass is 10.1. The van der Waals surface area contributed by atoms with Crippen molar-refractivity contribution in [1.29, 1.82) is 0 Å². The van der Waals surface area contributed by atoms with Crippen molar-refractivity contribution in [3.8, 4) is 0 Å². The zero-order valence-corrected chi connectivity index (χ0v) is 8.14. The highest BCUT2D eigenvalue weighted by molar-refractivity contribution is 5.24. The summed E-state index contributed by atoms with van der Waals surface area (Å²) in [5, 5.41) is 2.88. The van der Waals surface area contributed by atoms with E-state index in [2.05, 4.69) is 24.1 Å². The molecule has 0 aliphatic rings. The second-order valence-corrected chi connectivity index (χ2v) is 3.37. The average Bonchev–Trinajstić information content (AvgIpc) is 2.31. The van der Waals surface area contributed by atoms with Gasteiger partial charge in [0.2, 0.25) is 0 Å². The average molecular weight is 168 g/mol. The molecule has 0 saturated carbocycles. The lowest BCUT2D eigenvalue weighted by Gasteiger charge is -1.99. The van der Waals surface area contributed by atoms with Gasteiger partial charge in [-0.3, -0.25) is 0 Å². The van der Waals surface area contributed by atoms with Crippen LogP contribution in [0.15, 0.2) is 4.42 Å². The van der Waals surface area contributed by atoms with E-state index in [1.54, 1.807) is 0 Å². The number of hydrogen-bond acceptors (Lipinski definition) is 3. The number of nitrogens with zero attached hydrogens (tertiary/aromatic N) is 1. The highest BCUT2D eigenvalue weighted by Gasteiger charge is 2.09. The minimum Gasteiger partial charge on any atom is -0.429 e. The van der Waals surface area contributed by atoms with Crippen LogP contribution in [-0.2, 0) is 6.42 Å². The van der Waals surface area contributed by atoms with Gasteiger partial charge in [0, 0.05) is 7.05 Å². The molecule has 1 heterocycles. The first kappa shape index (κ1) is 9.10. The van der Waals surface area contributed by atoms with E-state index >= 15 is 0 Å². The molecule has 1 rings (SSSR count). The molecule has 0 radical (unpaired) electrons. The fourth-order valence-corrected chi connectivity index (χ4v) is 1.11. The molecule has 12 heavy (non-hydrogen) atoms.